The molecule has 138 valence electrons. The Balaban J connectivity index is 1.79. The number of likely N-dealkylation sites (tertiary alicyclic amines) is 1. The van der Waals surface area contributed by atoms with E-state index in [0.29, 0.717) is 30.4 Å². The first-order valence-corrected chi connectivity index (χ1v) is 9.14. The standard InChI is InChI=1S/C18H24BrFN2O3/c1-18(2,3)25-17(24)22-8-6-14(7-9-22)21-16(23)10-12-4-5-13(20)11-15(12)19/h4-5,11,14H,6-10H2,1-3H3,(H,21,23). The van der Waals surface area contributed by atoms with E-state index in [4.69, 9.17) is 4.74 Å². The minimum absolute atomic E-state index is 0.0328. The van der Waals surface area contributed by atoms with Crippen LogP contribution < -0.4 is 5.32 Å². The summed E-state index contributed by atoms with van der Waals surface area (Å²) in [5, 5.41) is 2.98. The van der Waals surface area contributed by atoms with E-state index in [-0.39, 0.29) is 30.3 Å². The van der Waals surface area contributed by atoms with Crippen LogP contribution in [0.15, 0.2) is 22.7 Å². The molecule has 1 aromatic rings. The van der Waals surface area contributed by atoms with Crippen LogP contribution in [0.4, 0.5) is 9.18 Å². The molecule has 1 N–H and O–H groups in total. The molecule has 1 saturated heterocycles. The Bertz CT molecular complexity index is 638. The van der Waals surface area contributed by atoms with Crippen molar-refractivity contribution in [2.75, 3.05) is 13.1 Å². The van der Waals surface area contributed by atoms with Gasteiger partial charge in [0.05, 0.1) is 6.42 Å². The first-order chi connectivity index (χ1) is 11.6. The molecule has 2 rings (SSSR count). The number of benzene rings is 1. The van der Waals surface area contributed by atoms with Gasteiger partial charge in [0.25, 0.3) is 0 Å². The lowest BCUT2D eigenvalue weighted by atomic mass is 10.0. The number of halogens is 2. The SMILES string of the molecule is CC(C)(C)OC(=O)N1CCC(NC(=O)Cc2ccc(F)cc2Br)CC1. The Morgan fingerprint density at radius 3 is 2.52 bits per heavy atom. The molecule has 1 aliphatic rings. The third-order valence-electron chi connectivity index (χ3n) is 3.88. The predicted molar refractivity (Wildman–Crippen MR) is 96.8 cm³/mol. The Labute approximate surface area is 156 Å². The largest absolute Gasteiger partial charge is 0.444 e. The van der Waals surface area contributed by atoms with Crippen LogP contribution in [0, 0.1) is 5.82 Å². The molecule has 0 saturated carbocycles. The summed E-state index contributed by atoms with van der Waals surface area (Å²) in [6.07, 6.45) is 1.26. The number of nitrogens with zero attached hydrogens (tertiary/aromatic N) is 1. The highest BCUT2D eigenvalue weighted by atomic mass is 79.9. The lowest BCUT2D eigenvalue weighted by molar-refractivity contribution is -0.121. The summed E-state index contributed by atoms with van der Waals surface area (Å²) in [6.45, 7) is 6.63. The summed E-state index contributed by atoms with van der Waals surface area (Å²) in [4.78, 5) is 25.9. The molecule has 25 heavy (non-hydrogen) atoms. The number of piperidine rings is 1. The fourth-order valence-electron chi connectivity index (χ4n) is 2.65. The molecule has 2 amide bonds. The van der Waals surface area contributed by atoms with E-state index in [9.17, 15) is 14.0 Å². The van der Waals surface area contributed by atoms with Crippen LogP contribution in [-0.2, 0) is 16.0 Å². The fourth-order valence-corrected chi connectivity index (χ4v) is 3.14. The molecule has 1 heterocycles. The van der Waals surface area contributed by atoms with Gasteiger partial charge in [-0.25, -0.2) is 9.18 Å². The normalized spacial score (nSPS) is 15.8. The van der Waals surface area contributed by atoms with Gasteiger partial charge < -0.3 is 15.0 Å². The summed E-state index contributed by atoms with van der Waals surface area (Å²) in [5.41, 5.74) is 0.232. The number of hydrogen-bond acceptors (Lipinski definition) is 3. The summed E-state index contributed by atoms with van der Waals surface area (Å²) >= 11 is 3.27. The van der Waals surface area contributed by atoms with Crippen LogP contribution >= 0.6 is 15.9 Å². The Morgan fingerprint density at radius 1 is 1.32 bits per heavy atom. The maximum absolute atomic E-state index is 13.1. The minimum atomic E-state index is -0.509. The smallest absolute Gasteiger partial charge is 0.410 e. The van der Waals surface area contributed by atoms with Crippen LogP contribution in [-0.4, -0.2) is 41.6 Å². The highest BCUT2D eigenvalue weighted by molar-refractivity contribution is 9.10. The molecule has 0 bridgehead atoms. The summed E-state index contributed by atoms with van der Waals surface area (Å²) in [5.74, 6) is -0.450. The number of carbonyl (C=O) groups is 2. The second-order valence-electron chi connectivity index (χ2n) is 7.22. The van der Waals surface area contributed by atoms with Gasteiger partial charge in [-0.3, -0.25) is 4.79 Å². The van der Waals surface area contributed by atoms with E-state index in [1.165, 1.54) is 12.1 Å². The van der Waals surface area contributed by atoms with E-state index in [0.717, 1.165) is 5.56 Å². The van der Waals surface area contributed by atoms with Gasteiger partial charge in [0.1, 0.15) is 11.4 Å². The van der Waals surface area contributed by atoms with E-state index < -0.39 is 5.60 Å². The molecule has 1 aromatic carbocycles. The van der Waals surface area contributed by atoms with Crippen molar-refractivity contribution >= 4 is 27.9 Å². The molecule has 0 spiro atoms. The zero-order valence-corrected chi connectivity index (χ0v) is 16.4. The van der Waals surface area contributed by atoms with Gasteiger partial charge in [0, 0.05) is 23.6 Å². The van der Waals surface area contributed by atoms with Crippen LogP contribution in [0.25, 0.3) is 0 Å². The molecule has 0 aliphatic carbocycles. The fraction of sp³-hybridized carbons (Fsp3) is 0.556. The monoisotopic (exact) mass is 414 g/mol. The number of rotatable bonds is 3. The average Bonchev–Trinajstić information content (AvgIpc) is 2.49. The van der Waals surface area contributed by atoms with Gasteiger partial charge in [0.15, 0.2) is 0 Å². The molecular weight excluding hydrogens is 391 g/mol. The van der Waals surface area contributed by atoms with Crippen molar-refractivity contribution in [1.29, 1.82) is 0 Å². The highest BCUT2D eigenvalue weighted by Crippen LogP contribution is 2.19. The average molecular weight is 415 g/mol. The van der Waals surface area contributed by atoms with Crippen molar-refractivity contribution in [3.63, 3.8) is 0 Å². The van der Waals surface area contributed by atoms with Crippen molar-refractivity contribution in [3.8, 4) is 0 Å². The van der Waals surface area contributed by atoms with Crippen molar-refractivity contribution in [2.45, 2.75) is 51.7 Å². The van der Waals surface area contributed by atoms with E-state index in [1.54, 1.807) is 11.0 Å². The molecule has 5 nitrogen and oxygen atoms in total. The van der Waals surface area contributed by atoms with Crippen molar-refractivity contribution < 1.29 is 18.7 Å². The number of carbonyl (C=O) groups excluding carboxylic acids is 2. The Hall–Kier alpha value is -1.63. The van der Waals surface area contributed by atoms with Gasteiger partial charge in [-0.05, 0) is 51.3 Å². The first kappa shape index (κ1) is 19.7. The van der Waals surface area contributed by atoms with Gasteiger partial charge in [-0.2, -0.15) is 0 Å². The quantitative estimate of drug-likeness (QED) is 0.820. The first-order valence-electron chi connectivity index (χ1n) is 8.35. The topological polar surface area (TPSA) is 58.6 Å². The van der Waals surface area contributed by atoms with E-state index in [1.807, 2.05) is 20.8 Å². The van der Waals surface area contributed by atoms with Crippen LogP contribution in [0.1, 0.15) is 39.2 Å². The van der Waals surface area contributed by atoms with Crippen molar-refractivity contribution in [3.05, 3.63) is 34.1 Å². The third kappa shape index (κ3) is 6.30. The minimum Gasteiger partial charge on any atom is -0.444 e. The van der Waals surface area contributed by atoms with Gasteiger partial charge in [0.2, 0.25) is 5.91 Å². The number of ether oxygens (including phenoxy) is 1. The summed E-state index contributed by atoms with van der Waals surface area (Å²) in [6, 6.07) is 4.32. The zero-order valence-electron chi connectivity index (χ0n) is 14.8. The van der Waals surface area contributed by atoms with E-state index in [2.05, 4.69) is 21.2 Å². The molecule has 0 atom stereocenters. The van der Waals surface area contributed by atoms with Gasteiger partial charge in [-0.15, -0.1) is 0 Å². The van der Waals surface area contributed by atoms with Crippen molar-refractivity contribution in [1.82, 2.24) is 10.2 Å². The van der Waals surface area contributed by atoms with Crippen LogP contribution in [0.2, 0.25) is 0 Å². The van der Waals surface area contributed by atoms with Crippen LogP contribution in [0.3, 0.4) is 0 Å². The number of hydrogen-bond donors (Lipinski definition) is 1. The number of nitrogens with one attached hydrogen (secondary N) is 1. The molecular formula is C18H24BrFN2O3. The van der Waals surface area contributed by atoms with E-state index >= 15 is 0 Å². The molecule has 1 aliphatic heterocycles. The highest BCUT2D eigenvalue weighted by Gasteiger charge is 2.27. The summed E-state index contributed by atoms with van der Waals surface area (Å²) < 4.78 is 19.0. The predicted octanol–water partition coefficient (Wildman–Crippen LogP) is 3.65. The maximum atomic E-state index is 13.1. The lowest BCUT2D eigenvalue weighted by Gasteiger charge is -2.33. The lowest BCUT2D eigenvalue weighted by Crippen LogP contribution is -2.48. The second-order valence-corrected chi connectivity index (χ2v) is 8.08. The Morgan fingerprint density at radius 2 is 1.96 bits per heavy atom. The molecule has 0 unspecified atom stereocenters. The van der Waals surface area contributed by atoms with Gasteiger partial charge >= 0.3 is 6.09 Å². The number of amides is 2. The molecule has 7 heteroatoms. The third-order valence-corrected chi connectivity index (χ3v) is 4.62. The Kier molecular flexibility index (Phi) is 6.43. The van der Waals surface area contributed by atoms with Crippen molar-refractivity contribution in [2.24, 2.45) is 0 Å². The van der Waals surface area contributed by atoms with Crippen LogP contribution in [0.5, 0.6) is 0 Å². The summed E-state index contributed by atoms with van der Waals surface area (Å²) in [7, 11) is 0. The molecule has 0 radical (unpaired) electrons. The molecule has 0 aromatic heterocycles. The zero-order chi connectivity index (χ0) is 18.6. The second kappa shape index (κ2) is 8.17. The molecule has 1 fully saturated rings. The maximum Gasteiger partial charge on any atom is 0.410 e. The van der Waals surface area contributed by atoms with Gasteiger partial charge in [-0.1, -0.05) is 22.0 Å².